The second-order valence-corrected chi connectivity index (χ2v) is 11.4. The summed E-state index contributed by atoms with van der Waals surface area (Å²) in [4.78, 5) is 45.6. The van der Waals surface area contributed by atoms with Gasteiger partial charge >= 0.3 is 0 Å². The van der Waals surface area contributed by atoms with Gasteiger partial charge in [-0.05, 0) is 61.2 Å². The van der Waals surface area contributed by atoms with Crippen molar-refractivity contribution >= 4 is 17.7 Å². The van der Waals surface area contributed by atoms with Gasteiger partial charge in [0.25, 0.3) is 5.91 Å². The Kier molecular flexibility index (Phi) is 9.76. The minimum Gasteiger partial charge on any atom is -0.457 e. The van der Waals surface area contributed by atoms with Gasteiger partial charge in [0, 0.05) is 58.4 Å². The first kappa shape index (κ1) is 30.0. The molecular weight excluding hydrogens is 534 g/mol. The molecule has 5 rings (SSSR count). The number of unbranched alkanes of at least 4 members (excludes halogenated alkanes) is 1. The Labute approximate surface area is 248 Å². The van der Waals surface area contributed by atoms with Gasteiger partial charge in [-0.15, -0.1) is 0 Å². The fraction of sp³-hybridized carbons (Fsp3) is 0.531. The first-order chi connectivity index (χ1) is 20.4. The molecule has 42 heavy (non-hydrogen) atoms. The number of piperazine rings is 1. The maximum Gasteiger partial charge on any atom is 0.251 e. The molecule has 3 saturated heterocycles. The first-order valence-corrected chi connectivity index (χ1v) is 15.2. The second-order valence-electron chi connectivity index (χ2n) is 11.4. The van der Waals surface area contributed by atoms with Gasteiger partial charge in [-0.2, -0.15) is 0 Å². The highest BCUT2D eigenvalue weighted by Gasteiger charge is 2.53. The summed E-state index contributed by atoms with van der Waals surface area (Å²) < 4.78 is 11.4. The summed E-state index contributed by atoms with van der Waals surface area (Å²) in [5.41, 5.74) is 0.973. The number of ether oxygens (including phenoxy) is 2. The Morgan fingerprint density at radius 3 is 2.24 bits per heavy atom. The summed E-state index contributed by atoms with van der Waals surface area (Å²) in [6.07, 6.45) is 3.13. The number of nitrogens with zero attached hydrogens (tertiary/aromatic N) is 3. The van der Waals surface area contributed by atoms with E-state index < -0.39 is 11.6 Å². The molecule has 0 saturated carbocycles. The van der Waals surface area contributed by atoms with Gasteiger partial charge in [-0.1, -0.05) is 25.5 Å². The number of piperidine rings is 1. The molecule has 0 bridgehead atoms. The molecule has 0 aromatic heterocycles. The predicted octanol–water partition coefficient (Wildman–Crippen LogP) is 2.63. The van der Waals surface area contributed by atoms with Crippen LogP contribution in [0.4, 0.5) is 0 Å². The minimum absolute atomic E-state index is 0.000898. The molecule has 3 aliphatic rings. The zero-order chi connectivity index (χ0) is 29.5. The second kappa shape index (κ2) is 13.7. The number of carbonyl (C=O) groups excluding carboxylic acids is 3. The van der Waals surface area contributed by atoms with Crippen molar-refractivity contribution in [3.05, 3.63) is 59.7 Å². The molecule has 2 aromatic carbocycles. The maximum absolute atomic E-state index is 13.7. The highest BCUT2D eigenvalue weighted by Crippen LogP contribution is 2.34. The van der Waals surface area contributed by atoms with E-state index >= 15 is 0 Å². The number of nitrogens with one attached hydrogen (secondary N) is 2. The predicted molar refractivity (Wildman–Crippen MR) is 159 cm³/mol. The molecule has 1 spiro atoms. The largest absolute Gasteiger partial charge is 0.457 e. The smallest absolute Gasteiger partial charge is 0.251 e. The van der Waals surface area contributed by atoms with Crippen molar-refractivity contribution in [2.45, 2.75) is 50.7 Å². The molecule has 1 unspecified atom stereocenters. The van der Waals surface area contributed by atoms with E-state index in [1.807, 2.05) is 17.0 Å². The highest BCUT2D eigenvalue weighted by atomic mass is 16.5. The number of rotatable bonds is 10. The van der Waals surface area contributed by atoms with E-state index in [1.54, 1.807) is 31.3 Å². The van der Waals surface area contributed by atoms with Gasteiger partial charge in [0.1, 0.15) is 23.1 Å². The summed E-state index contributed by atoms with van der Waals surface area (Å²) in [5, 5.41) is 5.73. The number of amides is 3. The van der Waals surface area contributed by atoms with Crippen LogP contribution in [0.15, 0.2) is 48.5 Å². The van der Waals surface area contributed by atoms with Crippen molar-refractivity contribution in [1.29, 1.82) is 0 Å². The number of likely N-dealkylation sites (tertiary alicyclic amines) is 1. The van der Waals surface area contributed by atoms with Crippen LogP contribution in [0.5, 0.6) is 11.5 Å². The Balaban J connectivity index is 1.17. The van der Waals surface area contributed by atoms with Crippen LogP contribution in [0, 0.1) is 0 Å². The number of carbonyl (C=O) groups is 3. The molecule has 10 nitrogen and oxygen atoms in total. The van der Waals surface area contributed by atoms with E-state index in [0.717, 1.165) is 56.9 Å². The molecule has 3 fully saturated rings. The van der Waals surface area contributed by atoms with Crippen LogP contribution in [-0.2, 0) is 20.9 Å². The third-order valence-corrected chi connectivity index (χ3v) is 8.68. The Bertz CT molecular complexity index is 1220. The average Bonchev–Trinajstić information content (AvgIpc) is 3.02. The minimum atomic E-state index is -0.769. The van der Waals surface area contributed by atoms with Gasteiger partial charge < -0.3 is 25.0 Å². The van der Waals surface area contributed by atoms with E-state index in [2.05, 4.69) is 39.5 Å². The maximum atomic E-state index is 13.7. The van der Waals surface area contributed by atoms with E-state index in [-0.39, 0.29) is 17.7 Å². The van der Waals surface area contributed by atoms with Crippen molar-refractivity contribution in [1.82, 2.24) is 25.3 Å². The quantitative estimate of drug-likeness (QED) is 0.448. The standard InChI is InChI=1S/C32H43N5O5/c1-3-4-15-37-30(39)28(23-36-18-20-41-21-19-36)34-31(40)32(37)13-16-35(17-14-32)22-24-5-9-26(10-6-24)42-27-11-7-25(8-12-27)29(38)33-2/h5-12,28H,3-4,13-23H2,1-2H3,(H,33,38)(H,34,40). The number of morpholine rings is 1. The van der Waals surface area contributed by atoms with Crippen LogP contribution in [-0.4, -0.2) is 104 Å². The number of benzene rings is 2. The summed E-state index contributed by atoms with van der Waals surface area (Å²) in [6.45, 7) is 8.44. The summed E-state index contributed by atoms with van der Waals surface area (Å²) in [6, 6.07) is 14.5. The van der Waals surface area contributed by atoms with Crippen molar-refractivity contribution in [2.24, 2.45) is 0 Å². The van der Waals surface area contributed by atoms with Crippen molar-refractivity contribution in [3.8, 4) is 11.5 Å². The lowest BCUT2D eigenvalue weighted by atomic mass is 9.81. The van der Waals surface area contributed by atoms with E-state index in [0.29, 0.717) is 50.5 Å². The van der Waals surface area contributed by atoms with E-state index in [1.165, 1.54) is 0 Å². The molecule has 3 amide bonds. The number of hydrogen-bond donors (Lipinski definition) is 2. The molecule has 2 aromatic rings. The summed E-state index contributed by atoms with van der Waals surface area (Å²) in [7, 11) is 1.61. The molecule has 0 aliphatic carbocycles. The lowest BCUT2D eigenvalue weighted by Gasteiger charge is -2.52. The molecule has 10 heteroatoms. The Morgan fingerprint density at radius 2 is 1.62 bits per heavy atom. The monoisotopic (exact) mass is 577 g/mol. The van der Waals surface area contributed by atoms with Crippen LogP contribution in [0.1, 0.15) is 48.5 Å². The van der Waals surface area contributed by atoms with E-state index in [4.69, 9.17) is 9.47 Å². The molecule has 2 N–H and O–H groups in total. The Hall–Kier alpha value is -3.47. The van der Waals surface area contributed by atoms with Crippen LogP contribution in [0.3, 0.4) is 0 Å². The molecule has 1 atom stereocenters. The fourth-order valence-corrected chi connectivity index (χ4v) is 6.14. The van der Waals surface area contributed by atoms with Gasteiger partial charge in [0.05, 0.1) is 13.2 Å². The molecule has 0 radical (unpaired) electrons. The lowest BCUT2D eigenvalue weighted by molar-refractivity contribution is -0.162. The molecule has 226 valence electrons. The van der Waals surface area contributed by atoms with Gasteiger partial charge in [0.2, 0.25) is 11.8 Å². The topological polar surface area (TPSA) is 103 Å². The summed E-state index contributed by atoms with van der Waals surface area (Å²) in [5.74, 6) is 1.31. The van der Waals surface area contributed by atoms with Crippen molar-refractivity contribution in [2.75, 3.05) is 59.5 Å². The van der Waals surface area contributed by atoms with Crippen LogP contribution in [0.2, 0.25) is 0 Å². The third kappa shape index (κ3) is 6.77. The number of hydrogen-bond acceptors (Lipinski definition) is 7. The van der Waals surface area contributed by atoms with Crippen molar-refractivity contribution in [3.63, 3.8) is 0 Å². The van der Waals surface area contributed by atoms with Gasteiger partial charge in [-0.3, -0.25) is 24.2 Å². The zero-order valence-electron chi connectivity index (χ0n) is 24.8. The molecule has 3 heterocycles. The zero-order valence-corrected chi connectivity index (χ0v) is 24.8. The van der Waals surface area contributed by atoms with Crippen LogP contribution in [0.25, 0.3) is 0 Å². The molecular formula is C32H43N5O5. The Morgan fingerprint density at radius 1 is 0.976 bits per heavy atom. The SMILES string of the molecule is CCCCN1C(=O)C(CN2CCOCC2)NC(=O)C12CCN(Cc1ccc(Oc3ccc(C(=O)NC)cc3)cc1)CC2. The van der Waals surface area contributed by atoms with Gasteiger partial charge in [0.15, 0.2) is 0 Å². The van der Waals surface area contributed by atoms with Gasteiger partial charge in [-0.25, -0.2) is 0 Å². The van der Waals surface area contributed by atoms with Crippen LogP contribution >= 0.6 is 0 Å². The third-order valence-electron chi connectivity index (χ3n) is 8.68. The van der Waals surface area contributed by atoms with E-state index in [9.17, 15) is 14.4 Å². The normalized spacial score (nSPS) is 21.3. The molecule has 3 aliphatic heterocycles. The first-order valence-electron chi connectivity index (χ1n) is 15.2. The van der Waals surface area contributed by atoms with Crippen molar-refractivity contribution < 1.29 is 23.9 Å². The average molecular weight is 578 g/mol. The lowest BCUT2D eigenvalue weighted by Crippen LogP contribution is -2.74. The highest BCUT2D eigenvalue weighted by molar-refractivity contribution is 6.00. The van der Waals surface area contributed by atoms with Crippen LogP contribution < -0.4 is 15.4 Å². The fourth-order valence-electron chi connectivity index (χ4n) is 6.14. The summed E-state index contributed by atoms with van der Waals surface area (Å²) >= 11 is 0.